The van der Waals surface area contributed by atoms with E-state index in [-0.39, 0.29) is 11.9 Å². The van der Waals surface area contributed by atoms with Gasteiger partial charge in [-0.1, -0.05) is 18.2 Å². The summed E-state index contributed by atoms with van der Waals surface area (Å²) in [7, 11) is 0. The molecule has 1 amide bonds. The van der Waals surface area contributed by atoms with E-state index < -0.39 is 0 Å². The van der Waals surface area contributed by atoms with Crippen LogP contribution in [0.1, 0.15) is 41.2 Å². The number of benzene rings is 1. The van der Waals surface area contributed by atoms with E-state index >= 15 is 0 Å². The third-order valence-corrected chi connectivity index (χ3v) is 3.35. The van der Waals surface area contributed by atoms with Crippen LogP contribution in [0.5, 0.6) is 0 Å². The van der Waals surface area contributed by atoms with Crippen molar-refractivity contribution in [1.82, 2.24) is 4.90 Å². The van der Waals surface area contributed by atoms with Crippen molar-refractivity contribution >= 4 is 5.91 Å². The van der Waals surface area contributed by atoms with Gasteiger partial charge in [0.2, 0.25) is 0 Å². The number of nitriles is 1. The zero-order chi connectivity index (χ0) is 11.1. The van der Waals surface area contributed by atoms with Gasteiger partial charge in [-0.2, -0.15) is 5.26 Å². The lowest BCUT2D eigenvalue weighted by atomic mass is 10.0. The van der Waals surface area contributed by atoms with E-state index in [1.165, 1.54) is 0 Å². The molecule has 0 aromatic heterocycles. The molecule has 0 saturated heterocycles. The lowest BCUT2D eigenvalue weighted by Gasteiger charge is -2.22. The van der Waals surface area contributed by atoms with Crippen LogP contribution < -0.4 is 0 Å². The molecule has 1 aromatic carbocycles. The van der Waals surface area contributed by atoms with E-state index in [4.69, 9.17) is 5.26 Å². The molecule has 1 unspecified atom stereocenters. The molecule has 0 radical (unpaired) electrons. The molecule has 16 heavy (non-hydrogen) atoms. The summed E-state index contributed by atoms with van der Waals surface area (Å²) in [4.78, 5) is 14.1. The lowest BCUT2D eigenvalue weighted by molar-refractivity contribution is 0.0712. The van der Waals surface area contributed by atoms with Gasteiger partial charge in [-0.05, 0) is 24.5 Å². The summed E-state index contributed by atoms with van der Waals surface area (Å²) in [5.74, 6) is 0.110. The Balaban J connectivity index is 2.05. The van der Waals surface area contributed by atoms with Crippen molar-refractivity contribution in [2.45, 2.75) is 31.3 Å². The second-order valence-corrected chi connectivity index (χ2v) is 4.41. The summed E-state index contributed by atoms with van der Waals surface area (Å²) in [6.07, 6.45) is 2.57. The summed E-state index contributed by atoms with van der Waals surface area (Å²) in [6, 6.07) is 10.2. The first-order valence-electron chi connectivity index (χ1n) is 5.61. The molecule has 1 saturated carbocycles. The van der Waals surface area contributed by atoms with E-state index in [0.717, 1.165) is 24.0 Å². The predicted octanol–water partition coefficient (Wildman–Crippen LogP) is 2.26. The zero-order valence-corrected chi connectivity index (χ0v) is 8.89. The minimum atomic E-state index is -0.0128. The highest BCUT2D eigenvalue weighted by Gasteiger charge is 2.44. The quantitative estimate of drug-likeness (QED) is 0.754. The van der Waals surface area contributed by atoms with E-state index in [0.29, 0.717) is 12.5 Å². The monoisotopic (exact) mass is 212 g/mol. The van der Waals surface area contributed by atoms with Crippen LogP contribution >= 0.6 is 0 Å². The van der Waals surface area contributed by atoms with Crippen LogP contribution in [-0.2, 0) is 0 Å². The number of hydrogen-bond donors (Lipinski definition) is 0. The fourth-order valence-corrected chi connectivity index (χ4v) is 2.48. The minimum absolute atomic E-state index is 0.0128. The Bertz CT molecular complexity index is 485. The van der Waals surface area contributed by atoms with E-state index in [9.17, 15) is 4.79 Å². The molecule has 3 nitrogen and oxygen atoms in total. The molecular weight excluding hydrogens is 200 g/mol. The van der Waals surface area contributed by atoms with Crippen molar-refractivity contribution in [3.63, 3.8) is 0 Å². The standard InChI is InChI=1S/C13H12N2O/c14-8-7-12-10-3-1-2-4-11(10)13(16)15(12)9-5-6-9/h1-4,9,12H,5-7H2. The van der Waals surface area contributed by atoms with Gasteiger partial charge in [0.1, 0.15) is 0 Å². The second-order valence-electron chi connectivity index (χ2n) is 4.41. The maximum absolute atomic E-state index is 12.2. The van der Waals surface area contributed by atoms with Crippen LogP contribution in [0, 0.1) is 11.3 Å². The first-order chi connectivity index (χ1) is 7.83. The van der Waals surface area contributed by atoms with Crippen LogP contribution in [0.4, 0.5) is 0 Å². The van der Waals surface area contributed by atoms with Crippen LogP contribution in [0.3, 0.4) is 0 Å². The molecule has 2 aliphatic rings. The van der Waals surface area contributed by atoms with Crippen molar-refractivity contribution in [2.75, 3.05) is 0 Å². The van der Waals surface area contributed by atoms with Gasteiger partial charge in [-0.25, -0.2) is 0 Å². The maximum Gasteiger partial charge on any atom is 0.255 e. The largest absolute Gasteiger partial charge is 0.328 e. The summed E-state index contributed by atoms with van der Waals surface area (Å²) >= 11 is 0. The number of fused-ring (bicyclic) bond motifs is 1. The van der Waals surface area contributed by atoms with Gasteiger partial charge in [-0.3, -0.25) is 4.79 Å². The van der Waals surface area contributed by atoms with Gasteiger partial charge in [0.25, 0.3) is 5.91 Å². The highest BCUT2D eigenvalue weighted by molar-refractivity contribution is 5.99. The summed E-state index contributed by atoms with van der Waals surface area (Å²) in [5.41, 5.74) is 1.82. The van der Waals surface area contributed by atoms with Crippen LogP contribution in [0.15, 0.2) is 24.3 Å². The van der Waals surface area contributed by atoms with Crippen molar-refractivity contribution in [2.24, 2.45) is 0 Å². The van der Waals surface area contributed by atoms with Crippen LogP contribution in [0.25, 0.3) is 0 Å². The van der Waals surface area contributed by atoms with Gasteiger partial charge < -0.3 is 4.90 Å². The topological polar surface area (TPSA) is 44.1 Å². The molecule has 0 N–H and O–H groups in total. The molecule has 1 aromatic rings. The molecule has 1 heterocycles. The van der Waals surface area contributed by atoms with Gasteiger partial charge in [0.15, 0.2) is 0 Å². The molecule has 1 aliphatic carbocycles. The lowest BCUT2D eigenvalue weighted by Crippen LogP contribution is -2.30. The molecule has 0 spiro atoms. The van der Waals surface area contributed by atoms with Crippen LogP contribution in [-0.4, -0.2) is 16.8 Å². The molecule has 0 bridgehead atoms. The average molecular weight is 212 g/mol. The normalized spacial score (nSPS) is 23.1. The highest BCUT2D eigenvalue weighted by Crippen LogP contribution is 2.42. The van der Waals surface area contributed by atoms with E-state index in [1.807, 2.05) is 29.2 Å². The van der Waals surface area contributed by atoms with Crippen LogP contribution in [0.2, 0.25) is 0 Å². The number of carbonyl (C=O) groups is 1. The SMILES string of the molecule is N#CCC1c2ccccc2C(=O)N1C1CC1. The van der Waals surface area contributed by atoms with Crippen molar-refractivity contribution in [3.05, 3.63) is 35.4 Å². The van der Waals surface area contributed by atoms with Gasteiger partial charge >= 0.3 is 0 Å². The summed E-state index contributed by atoms with van der Waals surface area (Å²) in [5, 5.41) is 8.87. The number of carbonyl (C=O) groups excluding carboxylic acids is 1. The Kier molecular flexibility index (Phi) is 1.97. The number of nitrogens with zero attached hydrogens (tertiary/aromatic N) is 2. The molecule has 3 heteroatoms. The Morgan fingerprint density at radius 1 is 1.38 bits per heavy atom. The van der Waals surface area contributed by atoms with Gasteiger partial charge in [-0.15, -0.1) is 0 Å². The van der Waals surface area contributed by atoms with Gasteiger partial charge in [0, 0.05) is 11.6 Å². The minimum Gasteiger partial charge on any atom is -0.328 e. The first kappa shape index (κ1) is 9.41. The van der Waals surface area contributed by atoms with Gasteiger partial charge in [0.05, 0.1) is 18.5 Å². The van der Waals surface area contributed by atoms with Crippen molar-refractivity contribution in [3.8, 4) is 6.07 Å². The molecule has 3 rings (SSSR count). The fourth-order valence-electron chi connectivity index (χ4n) is 2.48. The molecule has 1 atom stereocenters. The van der Waals surface area contributed by atoms with Crippen molar-refractivity contribution in [1.29, 1.82) is 5.26 Å². The Morgan fingerprint density at radius 2 is 2.12 bits per heavy atom. The van der Waals surface area contributed by atoms with E-state index in [1.54, 1.807) is 0 Å². The first-order valence-corrected chi connectivity index (χ1v) is 5.61. The second kappa shape index (κ2) is 3.34. The highest BCUT2D eigenvalue weighted by atomic mass is 16.2. The Morgan fingerprint density at radius 3 is 2.81 bits per heavy atom. The fraction of sp³-hybridized carbons (Fsp3) is 0.385. The third kappa shape index (κ3) is 1.23. The third-order valence-electron chi connectivity index (χ3n) is 3.35. The average Bonchev–Trinajstić information content (AvgIpc) is 3.09. The summed E-state index contributed by atoms with van der Waals surface area (Å²) < 4.78 is 0. The number of amides is 1. The molecular formula is C13H12N2O. The molecule has 80 valence electrons. The predicted molar refractivity (Wildman–Crippen MR) is 58.6 cm³/mol. The smallest absolute Gasteiger partial charge is 0.255 e. The molecule has 1 aliphatic heterocycles. The Labute approximate surface area is 94.3 Å². The van der Waals surface area contributed by atoms with Crippen molar-refractivity contribution < 1.29 is 4.79 Å². The zero-order valence-electron chi connectivity index (χ0n) is 8.89. The number of hydrogen-bond acceptors (Lipinski definition) is 2. The number of rotatable bonds is 2. The maximum atomic E-state index is 12.2. The molecule has 1 fully saturated rings. The summed E-state index contributed by atoms with van der Waals surface area (Å²) in [6.45, 7) is 0. The van der Waals surface area contributed by atoms with E-state index in [2.05, 4.69) is 6.07 Å². The Hall–Kier alpha value is -1.82.